The normalized spacial score (nSPS) is 12.0. The first kappa shape index (κ1) is 21.0. The third-order valence-corrected chi connectivity index (χ3v) is 5.52. The van der Waals surface area contributed by atoms with Crippen LogP contribution >= 0.6 is 11.3 Å². The monoisotopic (exact) mass is 411 g/mol. The second kappa shape index (κ2) is 9.62. The van der Waals surface area contributed by atoms with E-state index in [9.17, 15) is 9.59 Å². The van der Waals surface area contributed by atoms with Gasteiger partial charge in [0.1, 0.15) is 5.01 Å². The molecule has 0 aliphatic heterocycles. The maximum atomic E-state index is 12.2. The smallest absolute Gasteiger partial charge is 0.279 e. The fraction of sp³-hybridized carbons (Fsp3) is 0.318. The molecule has 3 rings (SSSR count). The van der Waals surface area contributed by atoms with Gasteiger partial charge in [-0.3, -0.25) is 9.59 Å². The van der Waals surface area contributed by atoms with Gasteiger partial charge < -0.3 is 15.5 Å². The number of anilines is 1. The van der Waals surface area contributed by atoms with Crippen LogP contribution < -0.4 is 15.5 Å². The number of nitrogens with zero attached hydrogens (tertiary/aromatic N) is 1. The SMILES string of the molecule is CCCNC(=O)C[NH+](C)CC(=O)Nc1ccc(-c2nc3ccc(C)cc3s2)cc1. The third kappa shape index (κ3) is 5.85. The number of nitrogens with one attached hydrogen (secondary N) is 3. The molecule has 0 aliphatic carbocycles. The maximum absolute atomic E-state index is 12.2. The van der Waals surface area contributed by atoms with Crippen LogP contribution in [0.2, 0.25) is 0 Å². The van der Waals surface area contributed by atoms with Crippen molar-refractivity contribution in [2.24, 2.45) is 0 Å². The van der Waals surface area contributed by atoms with E-state index in [-0.39, 0.29) is 24.9 Å². The highest BCUT2D eigenvalue weighted by Crippen LogP contribution is 2.31. The molecule has 29 heavy (non-hydrogen) atoms. The molecular weight excluding hydrogens is 384 g/mol. The molecule has 1 atom stereocenters. The maximum Gasteiger partial charge on any atom is 0.279 e. The Balaban J connectivity index is 1.57. The molecule has 0 aliphatic rings. The Hall–Kier alpha value is -2.77. The van der Waals surface area contributed by atoms with E-state index in [0.717, 1.165) is 33.1 Å². The molecule has 1 heterocycles. The zero-order valence-electron chi connectivity index (χ0n) is 17.0. The average molecular weight is 412 g/mol. The number of hydrogen-bond acceptors (Lipinski definition) is 4. The molecule has 1 aromatic heterocycles. The van der Waals surface area contributed by atoms with Crippen molar-refractivity contribution >= 4 is 39.1 Å². The summed E-state index contributed by atoms with van der Waals surface area (Å²) in [6, 6.07) is 14.0. The molecule has 2 aromatic carbocycles. The Kier molecular flexibility index (Phi) is 6.95. The van der Waals surface area contributed by atoms with Crippen LogP contribution in [0.15, 0.2) is 42.5 Å². The number of thiazole rings is 1. The predicted molar refractivity (Wildman–Crippen MR) is 118 cm³/mol. The summed E-state index contributed by atoms with van der Waals surface area (Å²) in [6.07, 6.45) is 0.901. The lowest BCUT2D eigenvalue weighted by Crippen LogP contribution is -3.11. The van der Waals surface area contributed by atoms with E-state index < -0.39 is 0 Å². The van der Waals surface area contributed by atoms with E-state index in [4.69, 9.17) is 4.98 Å². The number of aromatic nitrogens is 1. The summed E-state index contributed by atoms with van der Waals surface area (Å²) in [4.78, 5) is 29.5. The molecule has 0 spiro atoms. The topological polar surface area (TPSA) is 75.5 Å². The first-order chi connectivity index (χ1) is 13.9. The summed E-state index contributed by atoms with van der Waals surface area (Å²) >= 11 is 1.66. The molecule has 3 aromatic rings. The van der Waals surface area contributed by atoms with Crippen molar-refractivity contribution in [1.82, 2.24) is 10.3 Å². The molecule has 0 radical (unpaired) electrons. The Labute approximate surface area is 174 Å². The van der Waals surface area contributed by atoms with Gasteiger partial charge in [0.2, 0.25) is 0 Å². The van der Waals surface area contributed by atoms with Gasteiger partial charge in [0.15, 0.2) is 13.1 Å². The zero-order valence-corrected chi connectivity index (χ0v) is 17.9. The number of likely N-dealkylation sites (N-methyl/N-ethyl adjacent to an activating group) is 1. The van der Waals surface area contributed by atoms with Gasteiger partial charge in [0.25, 0.3) is 11.8 Å². The van der Waals surface area contributed by atoms with Crippen LogP contribution in [0.5, 0.6) is 0 Å². The molecule has 2 amide bonds. The van der Waals surface area contributed by atoms with Crippen molar-refractivity contribution in [3.05, 3.63) is 48.0 Å². The summed E-state index contributed by atoms with van der Waals surface area (Å²) in [5, 5.41) is 6.68. The average Bonchev–Trinajstić information content (AvgIpc) is 3.09. The molecule has 1 unspecified atom stereocenters. The molecule has 0 bridgehead atoms. The van der Waals surface area contributed by atoms with Crippen LogP contribution in [0.3, 0.4) is 0 Å². The van der Waals surface area contributed by atoms with E-state index in [1.807, 2.05) is 44.3 Å². The van der Waals surface area contributed by atoms with Crippen molar-refractivity contribution in [3.8, 4) is 10.6 Å². The van der Waals surface area contributed by atoms with Crippen LogP contribution in [-0.4, -0.2) is 43.5 Å². The number of hydrogen-bond donors (Lipinski definition) is 3. The fourth-order valence-corrected chi connectivity index (χ4v) is 4.06. The number of carbonyl (C=O) groups excluding carboxylic acids is 2. The number of carbonyl (C=O) groups is 2. The summed E-state index contributed by atoms with van der Waals surface area (Å²) in [6.45, 7) is 5.27. The summed E-state index contributed by atoms with van der Waals surface area (Å²) in [5.74, 6) is -0.151. The number of aryl methyl sites for hydroxylation is 1. The minimum absolute atomic E-state index is 0.0347. The van der Waals surface area contributed by atoms with E-state index in [1.54, 1.807) is 11.3 Å². The lowest BCUT2D eigenvalue weighted by molar-refractivity contribution is -0.862. The highest BCUT2D eigenvalue weighted by molar-refractivity contribution is 7.21. The number of rotatable bonds is 8. The van der Waals surface area contributed by atoms with Crippen LogP contribution in [0.1, 0.15) is 18.9 Å². The van der Waals surface area contributed by atoms with Gasteiger partial charge in [0, 0.05) is 17.8 Å². The first-order valence-electron chi connectivity index (χ1n) is 9.80. The van der Waals surface area contributed by atoms with Crippen LogP contribution in [0.25, 0.3) is 20.8 Å². The van der Waals surface area contributed by atoms with Crippen LogP contribution in [0.4, 0.5) is 5.69 Å². The van der Waals surface area contributed by atoms with Crippen molar-refractivity contribution in [3.63, 3.8) is 0 Å². The highest BCUT2D eigenvalue weighted by Gasteiger charge is 2.14. The number of fused-ring (bicyclic) bond motifs is 1. The summed E-state index contributed by atoms with van der Waals surface area (Å²) in [5.41, 5.74) is 3.98. The number of amides is 2. The van der Waals surface area contributed by atoms with Crippen LogP contribution in [-0.2, 0) is 9.59 Å². The fourth-order valence-electron chi connectivity index (χ4n) is 2.99. The minimum Gasteiger partial charge on any atom is -0.351 e. The predicted octanol–water partition coefficient (Wildman–Crippen LogP) is 2.25. The van der Waals surface area contributed by atoms with Gasteiger partial charge in [-0.15, -0.1) is 11.3 Å². The lowest BCUT2D eigenvalue weighted by Gasteiger charge is -2.13. The van der Waals surface area contributed by atoms with Crippen molar-refractivity contribution in [2.75, 3.05) is 32.0 Å². The largest absolute Gasteiger partial charge is 0.351 e. The molecule has 6 nitrogen and oxygen atoms in total. The third-order valence-electron chi connectivity index (χ3n) is 4.46. The molecule has 7 heteroatoms. The van der Waals surface area contributed by atoms with Crippen LogP contribution in [0, 0.1) is 6.92 Å². The molecule has 0 saturated heterocycles. The molecule has 0 saturated carbocycles. The summed E-state index contributed by atoms with van der Waals surface area (Å²) < 4.78 is 1.17. The molecule has 3 N–H and O–H groups in total. The molecule has 0 fully saturated rings. The van der Waals surface area contributed by atoms with E-state index >= 15 is 0 Å². The van der Waals surface area contributed by atoms with Crippen molar-refractivity contribution < 1.29 is 14.5 Å². The Bertz CT molecular complexity index is 998. The standard InChI is InChI=1S/C22H26N4O2S/c1-4-11-23-20(27)13-26(3)14-21(28)24-17-8-6-16(7-9-17)22-25-18-10-5-15(2)12-19(18)29-22/h5-10,12H,4,11,13-14H2,1-3H3,(H,23,27)(H,24,28)/p+1. The van der Waals surface area contributed by atoms with Gasteiger partial charge in [-0.2, -0.15) is 0 Å². The Morgan fingerprint density at radius 2 is 1.79 bits per heavy atom. The van der Waals surface area contributed by atoms with Gasteiger partial charge >= 0.3 is 0 Å². The minimum atomic E-state index is -0.117. The number of quaternary nitrogens is 1. The van der Waals surface area contributed by atoms with Gasteiger partial charge in [-0.1, -0.05) is 13.0 Å². The quantitative estimate of drug-likeness (QED) is 0.532. The lowest BCUT2D eigenvalue weighted by atomic mass is 10.2. The molecule has 152 valence electrons. The highest BCUT2D eigenvalue weighted by atomic mass is 32.1. The van der Waals surface area contributed by atoms with E-state index in [1.165, 1.54) is 10.3 Å². The zero-order chi connectivity index (χ0) is 20.8. The van der Waals surface area contributed by atoms with E-state index in [2.05, 4.69) is 29.7 Å². The second-order valence-corrected chi connectivity index (χ2v) is 8.31. The summed E-state index contributed by atoms with van der Waals surface area (Å²) in [7, 11) is 1.84. The Morgan fingerprint density at radius 1 is 1.07 bits per heavy atom. The van der Waals surface area contributed by atoms with Gasteiger partial charge in [0.05, 0.1) is 17.3 Å². The molecular formula is C22H27N4O2S+. The van der Waals surface area contributed by atoms with E-state index in [0.29, 0.717) is 6.54 Å². The number of benzene rings is 2. The first-order valence-corrected chi connectivity index (χ1v) is 10.6. The van der Waals surface area contributed by atoms with Gasteiger partial charge in [-0.05, 0) is 55.3 Å². The van der Waals surface area contributed by atoms with Crippen molar-refractivity contribution in [2.45, 2.75) is 20.3 Å². The van der Waals surface area contributed by atoms with Crippen molar-refractivity contribution in [1.29, 1.82) is 0 Å². The van der Waals surface area contributed by atoms with Gasteiger partial charge in [-0.25, -0.2) is 4.98 Å². The Morgan fingerprint density at radius 3 is 2.52 bits per heavy atom. The second-order valence-electron chi connectivity index (χ2n) is 7.28.